The zero-order valence-corrected chi connectivity index (χ0v) is 15.9. The smallest absolute Gasteiger partial charge is 0.389 e. The maximum Gasteiger partial charge on any atom is 0.389 e. The fourth-order valence-electron chi connectivity index (χ4n) is 2.78. The van der Waals surface area contributed by atoms with Crippen LogP contribution in [-0.4, -0.2) is 34.7 Å². The molecular weight excluding hydrogens is 374 g/mol. The van der Waals surface area contributed by atoms with E-state index in [1.165, 1.54) is 23.0 Å². The van der Waals surface area contributed by atoms with E-state index in [1.54, 1.807) is 50.6 Å². The van der Waals surface area contributed by atoms with E-state index >= 15 is 0 Å². The monoisotopic (exact) mass is 393 g/mol. The van der Waals surface area contributed by atoms with E-state index in [4.69, 9.17) is 9.47 Å². The third-order valence-electron chi connectivity index (χ3n) is 4.23. The van der Waals surface area contributed by atoms with Gasteiger partial charge in [-0.3, -0.25) is 4.79 Å². The Bertz CT molecular complexity index is 1070. The van der Waals surface area contributed by atoms with Crippen molar-refractivity contribution in [3.8, 4) is 11.5 Å². The van der Waals surface area contributed by atoms with Gasteiger partial charge in [-0.15, -0.1) is 0 Å². The molecule has 148 valence electrons. The zero-order valence-electron chi connectivity index (χ0n) is 15.9. The summed E-state index contributed by atoms with van der Waals surface area (Å²) in [5.41, 5.74) is 2.10. The molecule has 1 heterocycles. The van der Waals surface area contributed by atoms with Crippen molar-refractivity contribution in [2.24, 2.45) is 0 Å². The van der Waals surface area contributed by atoms with Crippen LogP contribution in [0.5, 0.6) is 11.5 Å². The van der Waals surface area contributed by atoms with Gasteiger partial charge in [-0.05, 0) is 40.8 Å². The number of allylic oxidation sites excluding steroid dienone is 1. The average Bonchev–Trinajstić information content (AvgIpc) is 3.21. The summed E-state index contributed by atoms with van der Waals surface area (Å²) in [5, 5.41) is 14.7. The summed E-state index contributed by atoms with van der Waals surface area (Å²) < 4.78 is 12.0. The third-order valence-corrected chi connectivity index (χ3v) is 4.23. The molecule has 1 aromatic heterocycles. The van der Waals surface area contributed by atoms with Gasteiger partial charge < -0.3 is 19.6 Å². The average molecular weight is 393 g/mol. The van der Waals surface area contributed by atoms with Crippen molar-refractivity contribution in [3.63, 3.8) is 0 Å². The molecule has 8 heteroatoms. The van der Waals surface area contributed by atoms with Gasteiger partial charge in [0.05, 0.1) is 38.1 Å². The van der Waals surface area contributed by atoms with Gasteiger partial charge in [0.1, 0.15) is 11.5 Å². The van der Waals surface area contributed by atoms with Gasteiger partial charge in [-0.1, -0.05) is 24.3 Å². The Morgan fingerprint density at radius 1 is 1.17 bits per heavy atom. The summed E-state index contributed by atoms with van der Waals surface area (Å²) in [7, 11) is 3.10. The van der Waals surface area contributed by atoms with Gasteiger partial charge in [0.2, 0.25) is 0 Å². The number of methoxy groups -OCH3 is 2. The minimum absolute atomic E-state index is 0.149. The van der Waals surface area contributed by atoms with E-state index < -0.39 is 4.92 Å². The molecule has 0 bridgehead atoms. The quantitative estimate of drug-likeness (QED) is 0.250. The summed E-state index contributed by atoms with van der Waals surface area (Å²) in [6.45, 7) is 0.294. The van der Waals surface area contributed by atoms with Crippen molar-refractivity contribution in [2.75, 3.05) is 14.2 Å². The molecule has 0 aliphatic carbocycles. The van der Waals surface area contributed by atoms with Crippen LogP contribution < -0.4 is 9.47 Å². The van der Waals surface area contributed by atoms with Crippen molar-refractivity contribution < 1.29 is 19.2 Å². The highest BCUT2D eigenvalue weighted by Crippen LogP contribution is 2.22. The second-order valence-electron chi connectivity index (χ2n) is 6.13. The number of carbonyl (C=O) groups is 1. The molecule has 0 saturated carbocycles. The molecule has 2 aromatic carbocycles. The highest BCUT2D eigenvalue weighted by molar-refractivity contribution is 6.07. The molecule has 0 saturated heterocycles. The van der Waals surface area contributed by atoms with Crippen molar-refractivity contribution in [1.82, 2.24) is 9.78 Å². The third kappa shape index (κ3) is 4.86. The van der Waals surface area contributed by atoms with E-state index in [0.29, 0.717) is 23.6 Å². The highest BCUT2D eigenvalue weighted by atomic mass is 16.6. The van der Waals surface area contributed by atoms with E-state index in [1.807, 2.05) is 12.1 Å². The summed E-state index contributed by atoms with van der Waals surface area (Å²) in [6, 6.07) is 13.7. The van der Waals surface area contributed by atoms with Crippen molar-refractivity contribution in [2.45, 2.75) is 6.54 Å². The maximum absolute atomic E-state index is 12.4. The maximum atomic E-state index is 12.4. The molecule has 0 N–H and O–H groups in total. The number of benzene rings is 2. The van der Waals surface area contributed by atoms with Crippen LogP contribution in [0.2, 0.25) is 0 Å². The summed E-state index contributed by atoms with van der Waals surface area (Å²) in [4.78, 5) is 22.7. The number of nitro groups is 1. The summed E-state index contributed by atoms with van der Waals surface area (Å²) in [5.74, 6) is 0.872. The number of rotatable bonds is 8. The van der Waals surface area contributed by atoms with Crippen LogP contribution in [0.1, 0.15) is 21.5 Å². The standard InChI is InChI=1S/C21H19N3O5/c1-28-18-5-3-4-16(13-18)19(25)8-6-15-7-9-20(29-2)17(12-15)14-23-11-10-21(22-23)24(26)27/h3-13H,14H2,1-2H3/b8-6+. The normalized spacial score (nSPS) is 10.8. The van der Waals surface area contributed by atoms with Crippen LogP contribution in [-0.2, 0) is 6.54 Å². The number of ether oxygens (including phenoxy) is 2. The minimum atomic E-state index is -0.545. The first-order valence-corrected chi connectivity index (χ1v) is 8.71. The van der Waals surface area contributed by atoms with E-state index in [0.717, 1.165) is 11.1 Å². The van der Waals surface area contributed by atoms with E-state index in [9.17, 15) is 14.9 Å². The molecule has 0 radical (unpaired) electrons. The molecule has 0 fully saturated rings. The SMILES string of the molecule is COc1cccc(C(=O)/C=C/c2ccc(OC)c(Cn3ccc([N+](=O)[O-])n3)c2)c1. The lowest BCUT2D eigenvalue weighted by Gasteiger charge is -2.08. The van der Waals surface area contributed by atoms with Crippen LogP contribution in [0.25, 0.3) is 6.08 Å². The highest BCUT2D eigenvalue weighted by Gasteiger charge is 2.13. The van der Waals surface area contributed by atoms with Crippen LogP contribution in [0, 0.1) is 10.1 Å². The minimum Gasteiger partial charge on any atom is -0.497 e. The Hall–Kier alpha value is -3.94. The number of aromatic nitrogens is 2. The second-order valence-corrected chi connectivity index (χ2v) is 6.13. The molecule has 0 amide bonds. The van der Waals surface area contributed by atoms with Gasteiger partial charge in [-0.2, -0.15) is 4.68 Å². The lowest BCUT2D eigenvalue weighted by atomic mass is 10.1. The van der Waals surface area contributed by atoms with Crippen molar-refractivity contribution in [1.29, 1.82) is 0 Å². The molecule has 3 rings (SSSR count). The first kappa shape index (κ1) is 19.8. The van der Waals surface area contributed by atoms with Gasteiger partial charge >= 0.3 is 5.82 Å². The molecule has 0 spiro atoms. The van der Waals surface area contributed by atoms with Gasteiger partial charge in [0, 0.05) is 11.1 Å². The second kappa shape index (κ2) is 8.83. The van der Waals surface area contributed by atoms with Crippen LogP contribution >= 0.6 is 0 Å². The fraction of sp³-hybridized carbons (Fsp3) is 0.143. The number of ketones is 1. The topological polar surface area (TPSA) is 96.5 Å². The van der Waals surface area contributed by atoms with Crippen molar-refractivity contribution >= 4 is 17.7 Å². The van der Waals surface area contributed by atoms with E-state index in [-0.39, 0.29) is 11.6 Å². The predicted molar refractivity (Wildman–Crippen MR) is 107 cm³/mol. The lowest BCUT2D eigenvalue weighted by molar-refractivity contribution is -0.389. The molecule has 3 aromatic rings. The first-order chi connectivity index (χ1) is 14.0. The molecule has 0 unspecified atom stereocenters. The van der Waals surface area contributed by atoms with Gasteiger partial charge in [0.15, 0.2) is 5.78 Å². The first-order valence-electron chi connectivity index (χ1n) is 8.71. The van der Waals surface area contributed by atoms with Crippen molar-refractivity contribution in [3.05, 3.63) is 87.6 Å². The lowest BCUT2D eigenvalue weighted by Crippen LogP contribution is -2.03. The number of hydrogen-bond donors (Lipinski definition) is 0. The predicted octanol–water partition coefficient (Wildman–Crippen LogP) is 3.75. The Morgan fingerprint density at radius 2 is 2.00 bits per heavy atom. The Labute approximate surface area is 167 Å². The molecular formula is C21H19N3O5. The summed E-state index contributed by atoms with van der Waals surface area (Å²) in [6.07, 6.45) is 4.72. The molecule has 8 nitrogen and oxygen atoms in total. The molecule has 0 aliphatic rings. The zero-order chi connectivity index (χ0) is 20.8. The number of carbonyl (C=O) groups excluding carboxylic acids is 1. The largest absolute Gasteiger partial charge is 0.497 e. The van der Waals surface area contributed by atoms with E-state index in [2.05, 4.69) is 5.10 Å². The van der Waals surface area contributed by atoms with Crippen LogP contribution in [0.15, 0.2) is 60.8 Å². The van der Waals surface area contributed by atoms with Gasteiger partial charge in [-0.25, -0.2) is 0 Å². The Balaban J connectivity index is 1.80. The number of nitrogens with zero attached hydrogens (tertiary/aromatic N) is 3. The fourth-order valence-corrected chi connectivity index (χ4v) is 2.78. The van der Waals surface area contributed by atoms with Crippen LogP contribution in [0.4, 0.5) is 5.82 Å². The summed E-state index contributed by atoms with van der Waals surface area (Å²) >= 11 is 0. The Kier molecular flexibility index (Phi) is 6.03. The molecule has 0 atom stereocenters. The number of hydrogen-bond acceptors (Lipinski definition) is 6. The van der Waals surface area contributed by atoms with Crippen LogP contribution in [0.3, 0.4) is 0 Å². The van der Waals surface area contributed by atoms with Gasteiger partial charge in [0.25, 0.3) is 0 Å². The molecule has 29 heavy (non-hydrogen) atoms. The Morgan fingerprint density at radius 3 is 2.69 bits per heavy atom. The molecule has 0 aliphatic heterocycles.